The largest absolute Gasteiger partial charge is 0.331 e. The van der Waals surface area contributed by atoms with E-state index in [0.717, 1.165) is 18.9 Å². The Morgan fingerprint density at radius 2 is 2.46 bits per heavy atom. The fourth-order valence-corrected chi connectivity index (χ4v) is 1.58. The van der Waals surface area contributed by atoms with Crippen LogP contribution in [0, 0.1) is 0 Å². The maximum Gasteiger partial charge on any atom is 0.0950 e. The second-order valence-corrected chi connectivity index (χ2v) is 3.90. The molecule has 3 nitrogen and oxygen atoms in total. The topological polar surface area (TPSA) is 43.8 Å². The smallest absolute Gasteiger partial charge is 0.0950 e. The molecule has 1 unspecified atom stereocenters. The molecule has 0 amide bonds. The molecule has 1 aromatic heterocycles. The number of hydrogen-bond donors (Lipinski definition) is 1. The minimum Gasteiger partial charge on any atom is -0.331 e. The molecule has 1 aromatic rings. The summed E-state index contributed by atoms with van der Waals surface area (Å²) < 4.78 is 2.29. The summed E-state index contributed by atoms with van der Waals surface area (Å²) in [5.41, 5.74) is 7.22. The summed E-state index contributed by atoms with van der Waals surface area (Å²) in [6, 6.07) is 1.01. The standard InChI is InChI=1S/C10H17N3/c1-2-8(11)5-10-6-12-7-13(10)9-3-4-9/h6-9H,2-5,11H2,1H3. The van der Waals surface area contributed by atoms with Gasteiger partial charge in [0.15, 0.2) is 0 Å². The van der Waals surface area contributed by atoms with Crippen LogP contribution in [0.25, 0.3) is 0 Å². The Morgan fingerprint density at radius 3 is 3.08 bits per heavy atom. The maximum absolute atomic E-state index is 5.91. The molecule has 0 radical (unpaired) electrons. The normalized spacial score (nSPS) is 18.9. The Kier molecular flexibility index (Phi) is 2.36. The van der Waals surface area contributed by atoms with Crippen molar-refractivity contribution in [3.05, 3.63) is 18.2 Å². The number of hydrogen-bond acceptors (Lipinski definition) is 2. The third-order valence-corrected chi connectivity index (χ3v) is 2.68. The molecule has 0 bridgehead atoms. The van der Waals surface area contributed by atoms with E-state index in [9.17, 15) is 0 Å². The minimum absolute atomic E-state index is 0.286. The van der Waals surface area contributed by atoms with Gasteiger partial charge in [0.25, 0.3) is 0 Å². The molecule has 0 saturated heterocycles. The summed E-state index contributed by atoms with van der Waals surface area (Å²) in [6.07, 6.45) is 8.52. The highest BCUT2D eigenvalue weighted by Crippen LogP contribution is 2.35. The Bertz CT molecular complexity index is 275. The van der Waals surface area contributed by atoms with Gasteiger partial charge < -0.3 is 10.3 Å². The summed E-state index contributed by atoms with van der Waals surface area (Å²) >= 11 is 0. The lowest BCUT2D eigenvalue weighted by molar-refractivity contribution is 0.599. The number of imidazole rings is 1. The summed E-state index contributed by atoms with van der Waals surface area (Å²) in [5.74, 6) is 0. The van der Waals surface area contributed by atoms with Gasteiger partial charge in [0, 0.05) is 30.4 Å². The van der Waals surface area contributed by atoms with Gasteiger partial charge in [-0.05, 0) is 19.3 Å². The van der Waals surface area contributed by atoms with Crippen molar-refractivity contribution in [2.24, 2.45) is 5.73 Å². The molecular weight excluding hydrogens is 162 g/mol. The van der Waals surface area contributed by atoms with E-state index in [1.165, 1.54) is 18.5 Å². The lowest BCUT2D eigenvalue weighted by atomic mass is 10.1. The lowest BCUT2D eigenvalue weighted by Crippen LogP contribution is -2.22. The van der Waals surface area contributed by atoms with Crippen LogP contribution in [-0.2, 0) is 6.42 Å². The Hall–Kier alpha value is -0.830. The van der Waals surface area contributed by atoms with E-state index in [-0.39, 0.29) is 6.04 Å². The van der Waals surface area contributed by atoms with Crippen molar-refractivity contribution in [3.63, 3.8) is 0 Å². The first-order chi connectivity index (χ1) is 6.31. The van der Waals surface area contributed by atoms with Gasteiger partial charge in [0.1, 0.15) is 0 Å². The number of aromatic nitrogens is 2. The van der Waals surface area contributed by atoms with E-state index in [0.29, 0.717) is 0 Å². The molecule has 1 aliphatic carbocycles. The van der Waals surface area contributed by atoms with Gasteiger partial charge in [-0.25, -0.2) is 4.98 Å². The van der Waals surface area contributed by atoms with Crippen LogP contribution in [0.4, 0.5) is 0 Å². The highest BCUT2D eigenvalue weighted by molar-refractivity contribution is 5.05. The molecule has 72 valence electrons. The molecule has 13 heavy (non-hydrogen) atoms. The van der Waals surface area contributed by atoms with Crippen LogP contribution in [0.2, 0.25) is 0 Å². The highest BCUT2D eigenvalue weighted by atomic mass is 15.1. The zero-order valence-electron chi connectivity index (χ0n) is 8.11. The predicted molar refractivity (Wildman–Crippen MR) is 52.5 cm³/mol. The van der Waals surface area contributed by atoms with Crippen molar-refractivity contribution in [2.75, 3.05) is 0 Å². The van der Waals surface area contributed by atoms with E-state index in [4.69, 9.17) is 5.73 Å². The third kappa shape index (κ3) is 1.91. The average Bonchev–Trinajstić information content (AvgIpc) is 2.88. The molecule has 0 spiro atoms. The van der Waals surface area contributed by atoms with Gasteiger partial charge in [-0.3, -0.25) is 0 Å². The van der Waals surface area contributed by atoms with Crippen LogP contribution in [0.5, 0.6) is 0 Å². The van der Waals surface area contributed by atoms with Gasteiger partial charge >= 0.3 is 0 Å². The molecule has 1 saturated carbocycles. The Balaban J connectivity index is 2.05. The molecule has 0 aromatic carbocycles. The summed E-state index contributed by atoms with van der Waals surface area (Å²) in [6.45, 7) is 2.13. The minimum atomic E-state index is 0.286. The summed E-state index contributed by atoms with van der Waals surface area (Å²) in [4.78, 5) is 4.18. The van der Waals surface area contributed by atoms with E-state index < -0.39 is 0 Å². The Morgan fingerprint density at radius 1 is 1.69 bits per heavy atom. The van der Waals surface area contributed by atoms with Crippen molar-refractivity contribution < 1.29 is 0 Å². The number of nitrogens with zero attached hydrogens (tertiary/aromatic N) is 2. The number of nitrogens with two attached hydrogens (primary N) is 1. The quantitative estimate of drug-likeness (QED) is 0.761. The third-order valence-electron chi connectivity index (χ3n) is 2.68. The van der Waals surface area contributed by atoms with E-state index >= 15 is 0 Å². The van der Waals surface area contributed by atoms with Crippen LogP contribution in [-0.4, -0.2) is 15.6 Å². The highest BCUT2D eigenvalue weighted by Gasteiger charge is 2.25. The molecule has 0 aliphatic heterocycles. The van der Waals surface area contributed by atoms with Crippen LogP contribution in [0.1, 0.15) is 37.9 Å². The van der Waals surface area contributed by atoms with Crippen molar-refractivity contribution in [3.8, 4) is 0 Å². The summed E-state index contributed by atoms with van der Waals surface area (Å²) in [7, 11) is 0. The zero-order valence-corrected chi connectivity index (χ0v) is 8.11. The predicted octanol–water partition coefficient (Wildman–Crippen LogP) is 1.50. The molecule has 1 heterocycles. The van der Waals surface area contributed by atoms with E-state index in [1.807, 2.05) is 12.5 Å². The molecule has 1 aliphatic rings. The van der Waals surface area contributed by atoms with Crippen molar-refractivity contribution in [1.29, 1.82) is 0 Å². The maximum atomic E-state index is 5.91. The Labute approximate surface area is 79.0 Å². The molecule has 2 N–H and O–H groups in total. The number of rotatable bonds is 4. The first kappa shape index (κ1) is 8.75. The molecule has 2 rings (SSSR count). The van der Waals surface area contributed by atoms with E-state index in [1.54, 1.807) is 0 Å². The van der Waals surface area contributed by atoms with Crippen LogP contribution < -0.4 is 5.73 Å². The second-order valence-electron chi connectivity index (χ2n) is 3.90. The van der Waals surface area contributed by atoms with Gasteiger partial charge in [0.05, 0.1) is 6.33 Å². The molecule has 1 fully saturated rings. The first-order valence-corrected chi connectivity index (χ1v) is 5.07. The van der Waals surface area contributed by atoms with Gasteiger partial charge in [0.2, 0.25) is 0 Å². The van der Waals surface area contributed by atoms with Crippen molar-refractivity contribution in [1.82, 2.24) is 9.55 Å². The molecule has 3 heteroatoms. The van der Waals surface area contributed by atoms with Gasteiger partial charge in [-0.15, -0.1) is 0 Å². The van der Waals surface area contributed by atoms with Crippen LogP contribution in [0.15, 0.2) is 12.5 Å². The molecule has 1 atom stereocenters. The van der Waals surface area contributed by atoms with E-state index in [2.05, 4.69) is 16.5 Å². The average molecular weight is 179 g/mol. The van der Waals surface area contributed by atoms with Crippen molar-refractivity contribution in [2.45, 2.75) is 44.7 Å². The molecular formula is C10H17N3. The van der Waals surface area contributed by atoms with Gasteiger partial charge in [-0.2, -0.15) is 0 Å². The van der Waals surface area contributed by atoms with Crippen LogP contribution in [0.3, 0.4) is 0 Å². The van der Waals surface area contributed by atoms with Crippen molar-refractivity contribution >= 4 is 0 Å². The summed E-state index contributed by atoms with van der Waals surface area (Å²) in [5, 5.41) is 0. The second kappa shape index (κ2) is 3.50. The first-order valence-electron chi connectivity index (χ1n) is 5.07. The fourth-order valence-electron chi connectivity index (χ4n) is 1.58. The van der Waals surface area contributed by atoms with Crippen LogP contribution >= 0.6 is 0 Å². The van der Waals surface area contributed by atoms with Gasteiger partial charge in [-0.1, -0.05) is 6.92 Å². The SMILES string of the molecule is CCC(N)Cc1cncn1C1CC1. The fraction of sp³-hybridized carbons (Fsp3) is 0.700. The monoisotopic (exact) mass is 179 g/mol. The lowest BCUT2D eigenvalue weighted by Gasteiger charge is -2.10. The zero-order chi connectivity index (χ0) is 9.26.